The predicted octanol–water partition coefficient (Wildman–Crippen LogP) is 0.908. The normalized spacial score (nSPS) is 26.5. The lowest BCUT2D eigenvalue weighted by molar-refractivity contribution is 0.248. The number of aliphatic imine (C=N–C) groups is 1. The molecule has 2 rings (SSSR count). The van der Waals surface area contributed by atoms with Crippen molar-refractivity contribution >= 4 is 5.90 Å². The molecule has 70 valence electrons. The van der Waals surface area contributed by atoms with E-state index in [0.717, 1.165) is 5.90 Å². The molecule has 0 amide bonds. The first-order chi connectivity index (χ1) is 6.40. The second-order valence-corrected chi connectivity index (χ2v) is 3.24. The van der Waals surface area contributed by atoms with Crippen LogP contribution in [-0.4, -0.2) is 30.3 Å². The summed E-state index contributed by atoms with van der Waals surface area (Å²) in [6, 6.07) is 0.155. The van der Waals surface area contributed by atoms with Gasteiger partial charge in [0.15, 0.2) is 5.90 Å². The molecule has 13 heavy (non-hydrogen) atoms. The Morgan fingerprint density at radius 2 is 2.23 bits per heavy atom. The van der Waals surface area contributed by atoms with Gasteiger partial charge in [-0.1, -0.05) is 24.3 Å². The fraction of sp³-hybridized carbons (Fsp3) is 0.500. The summed E-state index contributed by atoms with van der Waals surface area (Å²) in [4.78, 5) is 4.39. The van der Waals surface area contributed by atoms with Crippen LogP contribution in [0.1, 0.15) is 6.42 Å². The number of allylic oxidation sites excluding steroid dienone is 2. The summed E-state index contributed by atoms with van der Waals surface area (Å²) in [6.45, 7) is 0.801. The van der Waals surface area contributed by atoms with Crippen molar-refractivity contribution in [1.82, 2.24) is 0 Å². The molecule has 0 unspecified atom stereocenters. The molecule has 1 N–H and O–H groups in total. The highest BCUT2D eigenvalue weighted by atomic mass is 16.5. The standard InChI is InChI=1S/C10H13NO2/c12-6-5-9-7-13-10(11-9)8-3-1-2-4-8/h1-4,8-9,12H,5-7H2/t9-/m1/s1. The first-order valence-electron chi connectivity index (χ1n) is 4.56. The van der Waals surface area contributed by atoms with Gasteiger partial charge >= 0.3 is 0 Å². The Bertz CT molecular complexity index is 256. The first kappa shape index (κ1) is 8.51. The molecular weight excluding hydrogens is 166 g/mol. The van der Waals surface area contributed by atoms with E-state index in [9.17, 15) is 0 Å². The van der Waals surface area contributed by atoms with Crippen LogP contribution in [0, 0.1) is 5.92 Å². The van der Waals surface area contributed by atoms with Crippen LogP contribution in [0.25, 0.3) is 0 Å². The van der Waals surface area contributed by atoms with Gasteiger partial charge in [0.25, 0.3) is 0 Å². The average molecular weight is 179 g/mol. The van der Waals surface area contributed by atoms with E-state index >= 15 is 0 Å². The van der Waals surface area contributed by atoms with Crippen LogP contribution in [0.4, 0.5) is 0 Å². The van der Waals surface area contributed by atoms with E-state index in [2.05, 4.69) is 17.1 Å². The summed E-state index contributed by atoms with van der Waals surface area (Å²) in [5.74, 6) is 1.02. The van der Waals surface area contributed by atoms with Crippen LogP contribution < -0.4 is 0 Å². The van der Waals surface area contributed by atoms with E-state index in [1.54, 1.807) is 0 Å². The minimum absolute atomic E-state index is 0.155. The summed E-state index contributed by atoms with van der Waals surface area (Å²) in [5, 5.41) is 8.73. The second kappa shape index (κ2) is 3.75. The molecule has 1 aliphatic heterocycles. The van der Waals surface area contributed by atoms with Gasteiger partial charge in [0.1, 0.15) is 6.61 Å². The van der Waals surface area contributed by atoms with Gasteiger partial charge in [-0.2, -0.15) is 0 Å². The number of aliphatic hydroxyl groups excluding tert-OH is 1. The minimum atomic E-state index is 0.155. The number of hydrogen-bond donors (Lipinski definition) is 1. The Hall–Kier alpha value is -1.09. The van der Waals surface area contributed by atoms with Crippen molar-refractivity contribution < 1.29 is 9.84 Å². The number of aliphatic hydroxyl groups is 1. The second-order valence-electron chi connectivity index (χ2n) is 3.24. The molecule has 0 fully saturated rings. The summed E-state index contributed by atoms with van der Waals surface area (Å²) >= 11 is 0. The molecule has 0 bridgehead atoms. The lowest BCUT2D eigenvalue weighted by Gasteiger charge is -2.03. The van der Waals surface area contributed by atoms with Gasteiger partial charge in [0.05, 0.1) is 12.0 Å². The Balaban J connectivity index is 1.97. The fourth-order valence-electron chi connectivity index (χ4n) is 1.51. The molecule has 3 nitrogen and oxygen atoms in total. The quantitative estimate of drug-likeness (QED) is 0.699. The van der Waals surface area contributed by atoms with Gasteiger partial charge in [-0.25, -0.2) is 4.99 Å². The third-order valence-corrected chi connectivity index (χ3v) is 2.23. The van der Waals surface area contributed by atoms with Crippen LogP contribution in [0.15, 0.2) is 29.3 Å². The zero-order valence-electron chi connectivity index (χ0n) is 7.39. The fourth-order valence-corrected chi connectivity index (χ4v) is 1.51. The molecule has 1 atom stereocenters. The number of ether oxygens (including phenoxy) is 1. The van der Waals surface area contributed by atoms with E-state index in [4.69, 9.17) is 9.84 Å². The van der Waals surface area contributed by atoms with Crippen molar-refractivity contribution in [3.8, 4) is 0 Å². The molecule has 1 heterocycles. The van der Waals surface area contributed by atoms with Crippen LogP contribution >= 0.6 is 0 Å². The van der Waals surface area contributed by atoms with Crippen LogP contribution in [0.3, 0.4) is 0 Å². The van der Waals surface area contributed by atoms with E-state index in [-0.39, 0.29) is 18.6 Å². The zero-order valence-corrected chi connectivity index (χ0v) is 7.39. The average Bonchev–Trinajstić information content (AvgIpc) is 2.70. The van der Waals surface area contributed by atoms with Crippen LogP contribution in [0.5, 0.6) is 0 Å². The van der Waals surface area contributed by atoms with E-state index in [1.807, 2.05) is 12.2 Å². The Labute approximate surface area is 77.4 Å². The largest absolute Gasteiger partial charge is 0.478 e. The van der Waals surface area contributed by atoms with Crippen LogP contribution in [-0.2, 0) is 4.74 Å². The monoisotopic (exact) mass is 179 g/mol. The SMILES string of the molecule is OCC[C@@H]1COC(C2C=CC=C2)=N1. The molecule has 0 saturated carbocycles. The Morgan fingerprint density at radius 3 is 2.92 bits per heavy atom. The smallest absolute Gasteiger partial charge is 0.194 e. The topological polar surface area (TPSA) is 41.8 Å². The molecule has 1 aliphatic carbocycles. The molecule has 3 heteroatoms. The third kappa shape index (κ3) is 1.80. The first-order valence-corrected chi connectivity index (χ1v) is 4.56. The van der Waals surface area contributed by atoms with Crippen molar-refractivity contribution in [1.29, 1.82) is 0 Å². The third-order valence-electron chi connectivity index (χ3n) is 2.23. The van der Waals surface area contributed by atoms with Gasteiger partial charge in [0, 0.05) is 6.61 Å². The van der Waals surface area contributed by atoms with E-state index in [0.29, 0.717) is 13.0 Å². The Morgan fingerprint density at radius 1 is 1.46 bits per heavy atom. The van der Waals surface area contributed by atoms with Crippen molar-refractivity contribution in [2.24, 2.45) is 10.9 Å². The van der Waals surface area contributed by atoms with Crippen molar-refractivity contribution in [3.63, 3.8) is 0 Å². The molecule has 0 aromatic rings. The lowest BCUT2D eigenvalue weighted by Crippen LogP contribution is -2.09. The van der Waals surface area contributed by atoms with E-state index < -0.39 is 0 Å². The molecule has 0 spiro atoms. The lowest BCUT2D eigenvalue weighted by atomic mass is 10.2. The highest BCUT2D eigenvalue weighted by Crippen LogP contribution is 2.18. The van der Waals surface area contributed by atoms with Gasteiger partial charge in [0.2, 0.25) is 0 Å². The van der Waals surface area contributed by atoms with Crippen molar-refractivity contribution in [2.75, 3.05) is 13.2 Å². The zero-order chi connectivity index (χ0) is 9.10. The van der Waals surface area contributed by atoms with Crippen LogP contribution in [0.2, 0.25) is 0 Å². The minimum Gasteiger partial charge on any atom is -0.478 e. The molecule has 2 aliphatic rings. The maximum absolute atomic E-state index is 8.73. The summed E-state index contributed by atoms with van der Waals surface area (Å²) in [5.41, 5.74) is 0. The highest BCUT2D eigenvalue weighted by Gasteiger charge is 2.23. The number of nitrogens with zero attached hydrogens (tertiary/aromatic N) is 1. The summed E-state index contributed by atoms with van der Waals surface area (Å²) in [7, 11) is 0. The highest BCUT2D eigenvalue weighted by molar-refractivity contribution is 5.84. The molecule has 0 saturated heterocycles. The number of hydrogen-bond acceptors (Lipinski definition) is 3. The Kier molecular flexibility index (Phi) is 2.45. The maximum Gasteiger partial charge on any atom is 0.194 e. The van der Waals surface area contributed by atoms with Crippen molar-refractivity contribution in [2.45, 2.75) is 12.5 Å². The van der Waals surface area contributed by atoms with Gasteiger partial charge in [-0.15, -0.1) is 0 Å². The predicted molar refractivity (Wildman–Crippen MR) is 50.6 cm³/mol. The summed E-state index contributed by atoms with van der Waals surface area (Å²) in [6.07, 6.45) is 8.80. The van der Waals surface area contributed by atoms with E-state index in [1.165, 1.54) is 0 Å². The van der Waals surface area contributed by atoms with Gasteiger partial charge in [-0.05, 0) is 6.42 Å². The molecule has 0 aromatic carbocycles. The molecule has 0 aromatic heterocycles. The van der Waals surface area contributed by atoms with Crippen molar-refractivity contribution in [3.05, 3.63) is 24.3 Å². The van der Waals surface area contributed by atoms with Gasteiger partial charge < -0.3 is 9.84 Å². The molecule has 0 radical (unpaired) electrons. The summed E-state index contributed by atoms with van der Waals surface area (Å²) < 4.78 is 5.44. The maximum atomic E-state index is 8.73. The number of rotatable bonds is 3. The molecular formula is C10H13NO2. The van der Waals surface area contributed by atoms with Gasteiger partial charge in [-0.3, -0.25) is 0 Å².